The first kappa shape index (κ1) is 85.2. The summed E-state index contributed by atoms with van der Waals surface area (Å²) in [7, 11) is 2.77. The van der Waals surface area contributed by atoms with Crippen LogP contribution in [0, 0.1) is 6.92 Å². The van der Waals surface area contributed by atoms with Gasteiger partial charge in [-0.25, -0.2) is 34.9 Å². The number of carbonyl (C=O) groups is 8. The number of hydrogen-bond donors (Lipinski definition) is 12. The number of Topliss-reactive ketones (excluding diaryl/α,β-unsaturated/α-hetero) is 1. The Kier molecular flexibility index (Phi) is 28.3. The summed E-state index contributed by atoms with van der Waals surface area (Å²) in [6.45, 7) is 7.51. The monoisotopic (exact) mass is 1610 g/mol. The Morgan fingerprint density at radius 3 is 1.70 bits per heavy atom. The van der Waals surface area contributed by atoms with Crippen molar-refractivity contribution in [2.45, 2.75) is 139 Å². The number of rotatable bonds is 34. The number of nitrogens with two attached hydrogens (primary N) is 1. The highest BCUT2D eigenvalue weighted by molar-refractivity contribution is 6.07. The van der Waals surface area contributed by atoms with Crippen LogP contribution in [-0.4, -0.2) is 275 Å². The van der Waals surface area contributed by atoms with Crippen molar-refractivity contribution >= 4 is 59.0 Å². The zero-order chi connectivity index (χ0) is 82.6. The smallest absolute Gasteiger partial charge is 0.416 e. The molecule has 4 fully saturated rings. The third-order valence-electron chi connectivity index (χ3n) is 19.6. The molecule has 0 saturated carbocycles. The quantitative estimate of drug-likeness (QED) is 0.0120. The number of fused-ring (bicyclic) bond motifs is 4. The number of hydrogen-bond acceptors (Lipinski definition) is 31. The van der Waals surface area contributed by atoms with E-state index in [1.54, 1.807) is 13.0 Å². The van der Waals surface area contributed by atoms with Crippen LogP contribution in [0.25, 0.3) is 0 Å². The van der Waals surface area contributed by atoms with E-state index in [0.717, 1.165) is 9.80 Å². The fraction of sp³-hybridized carbons (Fsp3) is 0.455. The molecule has 38 nitrogen and oxygen atoms in total. The summed E-state index contributed by atoms with van der Waals surface area (Å²) < 4.78 is 74.5. The summed E-state index contributed by atoms with van der Waals surface area (Å²) in [6, 6.07) is 15.9. The molecule has 0 spiro atoms. The molecule has 13 atom stereocenters. The Bertz CT molecular complexity index is 4450. The number of ketones is 1. The number of aliphatic hydroxyl groups excluding tert-OH is 8. The number of ether oxygens (including phenoxy) is 13. The molecule has 5 amide bonds. The molecule has 4 saturated heterocycles. The molecule has 0 aliphatic carbocycles. The topological polar surface area (TPSA) is 519 Å². The lowest BCUT2D eigenvalue weighted by Crippen LogP contribution is -2.61. The van der Waals surface area contributed by atoms with E-state index in [2.05, 4.69) is 23.3 Å². The fourth-order valence-electron chi connectivity index (χ4n) is 13.7. The maximum absolute atomic E-state index is 14.8. The van der Waals surface area contributed by atoms with E-state index in [1.165, 1.54) is 96.8 Å². The number of aliphatic carboxylic acids is 2. The lowest BCUT2D eigenvalue weighted by atomic mass is 9.99. The normalized spacial score (nSPS) is 23.7. The average molecular weight is 1610 g/mol. The van der Waals surface area contributed by atoms with Crippen LogP contribution in [0.1, 0.15) is 94.9 Å². The molecule has 2 unspecified atom stereocenters. The second-order valence-corrected chi connectivity index (χ2v) is 27.7. The van der Waals surface area contributed by atoms with Crippen molar-refractivity contribution in [1.29, 1.82) is 0 Å². The van der Waals surface area contributed by atoms with E-state index in [0.29, 0.717) is 34.3 Å². The highest BCUT2D eigenvalue weighted by Crippen LogP contribution is 2.44. The van der Waals surface area contributed by atoms with Gasteiger partial charge < -0.3 is 133 Å². The molecule has 0 bridgehead atoms. The number of benzene rings is 5. The Hall–Kier alpha value is -10.7. The van der Waals surface area contributed by atoms with E-state index in [9.17, 15) is 89.4 Å². The molecular weight excluding hydrogens is 1520 g/mol. The summed E-state index contributed by atoms with van der Waals surface area (Å²) >= 11 is 0. The minimum absolute atomic E-state index is 0.0136. The Morgan fingerprint density at radius 1 is 0.574 bits per heavy atom. The van der Waals surface area contributed by atoms with Crippen LogP contribution in [0.3, 0.4) is 0 Å². The number of carboxylic acid groups (broad SMARTS) is 2. The Morgan fingerprint density at radius 2 is 1.12 bits per heavy atom. The summed E-state index contributed by atoms with van der Waals surface area (Å²) in [5.41, 5.74) is 1.72. The van der Waals surface area contributed by atoms with Crippen LogP contribution in [0.4, 0.5) is 21.0 Å². The number of nitrogens with one attached hydrogen (secondary N) is 1. The molecule has 13 N–H and O–H groups in total. The number of carboxylic acids is 2. The van der Waals surface area contributed by atoms with Crippen molar-refractivity contribution in [3.8, 4) is 34.5 Å². The SMILES string of the molecule is C=C1C[C@H]2C(O)N(C(=O)OCc3ccc(O[C@H]4O[C@H](C(=O)O)[C@@H](O)[C@H](O)[C@H]4O)c(C(=O)NCCOCCOCCON)c3)c3cc(OCc4cc(COc5cc6c(cc5OC)C(=O)N5CC(=C)C[C@H]5C(O)N6C(=O)OCc5ccc(O[C@@H]6OC[C@@H](O)[C@H](O)[C@H]6O)c(C(=O)CCCOC)c5)cc(OCC(=O)O)c4)c(C)cc3C(=O)N2C1. The molecule has 6 aliphatic heterocycles. The van der Waals surface area contributed by atoms with Gasteiger partial charge in [-0.3, -0.25) is 19.2 Å². The first-order chi connectivity index (χ1) is 55.1. The van der Waals surface area contributed by atoms with E-state index in [1.807, 2.05) is 0 Å². The van der Waals surface area contributed by atoms with Crippen LogP contribution in [0.2, 0.25) is 0 Å². The highest BCUT2D eigenvalue weighted by atomic mass is 16.7. The summed E-state index contributed by atoms with van der Waals surface area (Å²) in [4.78, 5) is 119. The Balaban J connectivity index is 0.839. The van der Waals surface area contributed by atoms with Gasteiger partial charge in [0.1, 0.15) is 86.0 Å². The van der Waals surface area contributed by atoms with Crippen molar-refractivity contribution in [2.24, 2.45) is 5.90 Å². The van der Waals surface area contributed by atoms with Gasteiger partial charge in [0.25, 0.3) is 17.7 Å². The van der Waals surface area contributed by atoms with Gasteiger partial charge in [0.15, 0.2) is 42.4 Å². The predicted molar refractivity (Wildman–Crippen MR) is 393 cm³/mol. The van der Waals surface area contributed by atoms with Gasteiger partial charge in [-0.2, -0.15) is 0 Å². The molecule has 38 heteroatoms. The van der Waals surface area contributed by atoms with Crippen LogP contribution in [-0.2, 0) is 74.0 Å². The Labute approximate surface area is 656 Å². The van der Waals surface area contributed by atoms with E-state index in [-0.39, 0.29) is 178 Å². The molecule has 0 radical (unpaired) electrons. The number of methoxy groups -OCH3 is 2. The van der Waals surface area contributed by atoms with E-state index in [4.69, 9.17) is 67.5 Å². The van der Waals surface area contributed by atoms with Crippen LogP contribution in [0.5, 0.6) is 34.5 Å². The minimum atomic E-state index is -2.07. The van der Waals surface area contributed by atoms with Crippen molar-refractivity contribution in [3.05, 3.63) is 153 Å². The van der Waals surface area contributed by atoms with Gasteiger partial charge in [0.05, 0.1) is 92.5 Å². The number of aliphatic hydroxyl groups is 8. The first-order valence-electron chi connectivity index (χ1n) is 36.4. The highest BCUT2D eigenvalue weighted by Gasteiger charge is 2.51. The summed E-state index contributed by atoms with van der Waals surface area (Å²) in [6.07, 6.45) is -21.9. The second kappa shape index (κ2) is 38.2. The molecule has 620 valence electrons. The number of amides is 5. The minimum Gasteiger partial charge on any atom is -0.493 e. The zero-order valence-electron chi connectivity index (χ0n) is 62.7. The van der Waals surface area contributed by atoms with Gasteiger partial charge in [-0.15, -0.1) is 0 Å². The van der Waals surface area contributed by atoms with Gasteiger partial charge in [-0.05, 0) is 109 Å². The molecule has 6 aliphatic rings. The number of anilines is 2. The average Bonchev–Trinajstić information content (AvgIpc) is 1.60. The lowest BCUT2D eigenvalue weighted by Gasteiger charge is -2.38. The van der Waals surface area contributed by atoms with Gasteiger partial charge >= 0.3 is 24.1 Å². The van der Waals surface area contributed by atoms with Gasteiger partial charge in [-0.1, -0.05) is 36.4 Å². The zero-order valence-corrected chi connectivity index (χ0v) is 62.7. The number of carbonyl (C=O) groups excluding carboxylic acids is 6. The summed E-state index contributed by atoms with van der Waals surface area (Å²) in [5, 5.41) is 109. The van der Waals surface area contributed by atoms with E-state index < -0.39 is 147 Å². The van der Waals surface area contributed by atoms with Crippen molar-refractivity contribution in [2.75, 3.05) is 96.5 Å². The predicted octanol–water partition coefficient (Wildman–Crippen LogP) is 1.47. The van der Waals surface area contributed by atoms with E-state index >= 15 is 0 Å². The van der Waals surface area contributed by atoms with Crippen molar-refractivity contribution < 1.29 is 156 Å². The molecule has 6 heterocycles. The molecule has 115 heavy (non-hydrogen) atoms. The molecule has 0 aromatic heterocycles. The van der Waals surface area contributed by atoms with Crippen LogP contribution in [0.15, 0.2) is 103 Å². The van der Waals surface area contributed by atoms with Crippen LogP contribution < -0.4 is 49.4 Å². The van der Waals surface area contributed by atoms with Crippen LogP contribution >= 0.6 is 0 Å². The number of aryl methyl sites for hydroxylation is 1. The van der Waals surface area contributed by atoms with Gasteiger partial charge in [0.2, 0.25) is 12.6 Å². The fourth-order valence-corrected chi connectivity index (χ4v) is 13.7. The molecule has 5 aromatic rings. The second-order valence-electron chi connectivity index (χ2n) is 27.7. The third-order valence-corrected chi connectivity index (χ3v) is 19.6. The largest absolute Gasteiger partial charge is 0.493 e. The third kappa shape index (κ3) is 19.8. The van der Waals surface area contributed by atoms with Crippen molar-refractivity contribution in [1.82, 2.24) is 15.1 Å². The molecule has 5 aromatic carbocycles. The lowest BCUT2D eigenvalue weighted by molar-refractivity contribution is -0.271. The van der Waals surface area contributed by atoms with Crippen molar-refractivity contribution in [3.63, 3.8) is 0 Å². The molecule has 11 rings (SSSR count). The standard InChI is InChI=1S/C77H90N6O32/c1-38-19-52-71(96)82(76(100)111-33-42-9-11-57(114-75-66(92)63(89)64(90)67(115-75)73(98)99)49(26-42)68(93)79-12-14-104-15-16-105-17-18-112-78)50-28-58(40(3)21-46(50)69(94)80(52)30-38)107-34-43-22-44(24-45(23-43)106-37-61(86)87)35-108-60-29-51-47(27-59(60)103-5)70(95)81-31-39(2)20-53(81)72(97)83(51)77(101)110-32-41-8-10-56(48(25-41)54(84)7-6-13-102-4)113-74-65(91)62(88)55(85)36-109-74/h8-11,21-29,52-53,55,62-67,71-72,74-75,85,88-92,96-97H,1-2,6-7,12-20,30-37,78H2,3-5H3,(H,79,93)(H,86,87)(H,98,99)/t52-,53-,55+,62-,63-,64-,65+,66+,67-,71?,72?,74-,75-/m0/s1. The molecular formula is C77H90N6O32. The number of nitrogens with zero attached hydrogens (tertiary/aromatic N) is 4. The maximum Gasteiger partial charge on any atom is 0.416 e. The maximum atomic E-state index is 14.8. The first-order valence-corrected chi connectivity index (χ1v) is 36.4. The van der Waals surface area contributed by atoms with Gasteiger partial charge in [0, 0.05) is 51.9 Å². The summed E-state index contributed by atoms with van der Waals surface area (Å²) in [5.74, 6) is -0.861.